The summed E-state index contributed by atoms with van der Waals surface area (Å²) in [6.07, 6.45) is 0.891. The van der Waals surface area contributed by atoms with E-state index in [1.54, 1.807) is 24.3 Å². The molecule has 29 heavy (non-hydrogen) atoms. The van der Waals surface area contributed by atoms with E-state index >= 15 is 0 Å². The van der Waals surface area contributed by atoms with E-state index in [-0.39, 0.29) is 6.61 Å². The van der Waals surface area contributed by atoms with Gasteiger partial charge in [-0.3, -0.25) is 20.4 Å². The number of carbonyl (C=O) groups excluding carboxylic acids is 2. The molecular weight excluding hydrogens is 436 g/mol. The summed E-state index contributed by atoms with van der Waals surface area (Å²) in [5, 5.41) is 2.12. The summed E-state index contributed by atoms with van der Waals surface area (Å²) in [7, 11) is 0. The van der Waals surface area contributed by atoms with Crippen LogP contribution in [0.25, 0.3) is 10.8 Å². The normalized spacial score (nSPS) is 10.4. The Balaban J connectivity index is 1.49. The maximum absolute atomic E-state index is 12.2. The van der Waals surface area contributed by atoms with Crippen molar-refractivity contribution in [2.45, 2.75) is 13.3 Å². The number of hydrogen-bond acceptors (Lipinski definition) is 4. The van der Waals surface area contributed by atoms with E-state index in [4.69, 9.17) is 9.47 Å². The number of fused-ring (bicyclic) bond motifs is 1. The fourth-order valence-electron chi connectivity index (χ4n) is 2.61. The van der Waals surface area contributed by atoms with Crippen molar-refractivity contribution in [3.05, 3.63) is 70.7 Å². The zero-order valence-corrected chi connectivity index (χ0v) is 17.5. The van der Waals surface area contributed by atoms with Crippen LogP contribution in [0.5, 0.6) is 11.5 Å². The van der Waals surface area contributed by atoms with Crippen LogP contribution >= 0.6 is 15.9 Å². The number of amides is 2. The highest BCUT2D eigenvalue weighted by molar-refractivity contribution is 9.10. The molecule has 6 nitrogen and oxygen atoms in total. The third-order valence-corrected chi connectivity index (χ3v) is 4.68. The predicted octanol–water partition coefficient (Wildman–Crippen LogP) is 4.23. The molecule has 150 valence electrons. The van der Waals surface area contributed by atoms with Crippen molar-refractivity contribution in [3.63, 3.8) is 0 Å². The van der Waals surface area contributed by atoms with E-state index in [0.29, 0.717) is 28.1 Å². The molecule has 3 aromatic rings. The largest absolute Gasteiger partial charge is 0.492 e. The molecule has 2 amide bonds. The SMILES string of the molecule is CCCOc1ccc(C(=O)NNC(=O)COc2ccc3ccccc3c2)cc1Br. The Labute approximate surface area is 177 Å². The van der Waals surface area contributed by atoms with Crippen molar-refractivity contribution in [2.75, 3.05) is 13.2 Å². The third-order valence-electron chi connectivity index (χ3n) is 4.06. The highest BCUT2D eigenvalue weighted by atomic mass is 79.9. The summed E-state index contributed by atoms with van der Waals surface area (Å²) in [5.41, 5.74) is 5.11. The van der Waals surface area contributed by atoms with Crippen molar-refractivity contribution in [1.29, 1.82) is 0 Å². The number of hydrogen-bond donors (Lipinski definition) is 2. The van der Waals surface area contributed by atoms with Crippen molar-refractivity contribution in [2.24, 2.45) is 0 Å². The average molecular weight is 457 g/mol. The van der Waals surface area contributed by atoms with Crippen molar-refractivity contribution >= 4 is 38.5 Å². The van der Waals surface area contributed by atoms with Gasteiger partial charge in [0.15, 0.2) is 6.61 Å². The lowest BCUT2D eigenvalue weighted by molar-refractivity contribution is -0.123. The topological polar surface area (TPSA) is 76.7 Å². The molecule has 0 bridgehead atoms. The number of nitrogens with one attached hydrogen (secondary N) is 2. The van der Waals surface area contributed by atoms with E-state index in [9.17, 15) is 9.59 Å². The molecule has 0 heterocycles. The Morgan fingerprint density at radius 1 is 0.931 bits per heavy atom. The Hall–Kier alpha value is -3.06. The van der Waals surface area contributed by atoms with Crippen LogP contribution in [0.15, 0.2) is 65.1 Å². The van der Waals surface area contributed by atoms with Gasteiger partial charge in [-0.25, -0.2) is 0 Å². The van der Waals surface area contributed by atoms with Crippen LogP contribution in [-0.4, -0.2) is 25.0 Å². The number of carbonyl (C=O) groups is 2. The van der Waals surface area contributed by atoms with Crippen molar-refractivity contribution in [1.82, 2.24) is 10.9 Å². The van der Waals surface area contributed by atoms with Gasteiger partial charge in [0, 0.05) is 5.56 Å². The zero-order chi connectivity index (χ0) is 20.6. The number of ether oxygens (including phenoxy) is 2. The van der Waals surface area contributed by atoms with Crippen LogP contribution in [0, 0.1) is 0 Å². The molecule has 0 saturated heterocycles. The van der Waals surface area contributed by atoms with Gasteiger partial charge in [0.2, 0.25) is 0 Å². The molecule has 0 aliphatic rings. The third kappa shape index (κ3) is 5.71. The van der Waals surface area contributed by atoms with Crippen LogP contribution in [0.4, 0.5) is 0 Å². The maximum Gasteiger partial charge on any atom is 0.276 e. The first-order chi connectivity index (χ1) is 14.1. The Morgan fingerprint density at radius 3 is 2.48 bits per heavy atom. The highest BCUT2D eigenvalue weighted by Crippen LogP contribution is 2.26. The minimum absolute atomic E-state index is 0.216. The maximum atomic E-state index is 12.2. The highest BCUT2D eigenvalue weighted by Gasteiger charge is 2.11. The van der Waals surface area contributed by atoms with Gasteiger partial charge < -0.3 is 9.47 Å². The Morgan fingerprint density at radius 2 is 1.72 bits per heavy atom. The fourth-order valence-corrected chi connectivity index (χ4v) is 3.11. The molecule has 2 N–H and O–H groups in total. The van der Waals surface area contributed by atoms with E-state index < -0.39 is 11.8 Å². The fraction of sp³-hybridized carbons (Fsp3) is 0.182. The molecule has 0 aliphatic heterocycles. The Bertz CT molecular complexity index is 1020. The standard InChI is InChI=1S/C22H21BrN2O4/c1-2-11-28-20-10-8-17(13-19(20)23)22(27)25-24-21(26)14-29-18-9-7-15-5-3-4-6-16(15)12-18/h3-10,12-13H,2,11,14H2,1H3,(H,24,26)(H,25,27). The van der Waals surface area contributed by atoms with Crippen LogP contribution < -0.4 is 20.3 Å². The molecule has 7 heteroatoms. The minimum atomic E-state index is -0.464. The summed E-state index contributed by atoms with van der Waals surface area (Å²) in [6.45, 7) is 2.39. The number of benzene rings is 3. The van der Waals surface area contributed by atoms with Gasteiger partial charge >= 0.3 is 0 Å². The smallest absolute Gasteiger partial charge is 0.276 e. The first-order valence-corrected chi connectivity index (χ1v) is 9.99. The van der Waals surface area contributed by atoms with Gasteiger partial charge in [0.1, 0.15) is 11.5 Å². The minimum Gasteiger partial charge on any atom is -0.492 e. The lowest BCUT2D eigenvalue weighted by atomic mass is 10.1. The number of halogens is 1. The molecule has 3 aromatic carbocycles. The van der Waals surface area contributed by atoms with Crippen molar-refractivity contribution in [3.8, 4) is 11.5 Å². The molecule has 0 radical (unpaired) electrons. The molecule has 0 unspecified atom stereocenters. The molecule has 0 saturated carbocycles. The van der Waals surface area contributed by atoms with Crippen LogP contribution in [-0.2, 0) is 4.79 Å². The van der Waals surface area contributed by atoms with E-state index in [2.05, 4.69) is 26.8 Å². The molecule has 0 spiro atoms. The molecule has 0 aromatic heterocycles. The summed E-state index contributed by atoms with van der Waals surface area (Å²) >= 11 is 3.38. The van der Waals surface area contributed by atoms with Gasteiger partial charge in [0.25, 0.3) is 11.8 Å². The van der Waals surface area contributed by atoms with E-state index in [1.165, 1.54) is 0 Å². The van der Waals surface area contributed by atoms with Gasteiger partial charge in [-0.1, -0.05) is 37.3 Å². The summed E-state index contributed by atoms with van der Waals surface area (Å²) < 4.78 is 11.7. The molecular formula is C22H21BrN2O4. The van der Waals surface area contributed by atoms with Gasteiger partial charge in [-0.2, -0.15) is 0 Å². The number of hydrazine groups is 1. The first kappa shape index (κ1) is 20.7. The van der Waals surface area contributed by atoms with Crippen LogP contribution in [0.3, 0.4) is 0 Å². The molecule has 0 aliphatic carbocycles. The summed E-state index contributed by atoms with van der Waals surface area (Å²) in [4.78, 5) is 24.2. The lowest BCUT2D eigenvalue weighted by Gasteiger charge is -2.11. The predicted molar refractivity (Wildman–Crippen MR) is 115 cm³/mol. The van der Waals surface area contributed by atoms with Crippen molar-refractivity contribution < 1.29 is 19.1 Å². The summed E-state index contributed by atoms with van der Waals surface area (Å²) in [5.74, 6) is 0.341. The van der Waals surface area contributed by atoms with Crippen LogP contribution in [0.1, 0.15) is 23.7 Å². The average Bonchev–Trinajstić information content (AvgIpc) is 2.75. The molecule has 0 fully saturated rings. The second kappa shape index (κ2) is 9.93. The monoisotopic (exact) mass is 456 g/mol. The van der Waals surface area contributed by atoms with Gasteiger partial charge in [0.05, 0.1) is 11.1 Å². The second-order valence-electron chi connectivity index (χ2n) is 6.29. The zero-order valence-electron chi connectivity index (χ0n) is 15.9. The first-order valence-electron chi connectivity index (χ1n) is 9.20. The summed E-state index contributed by atoms with van der Waals surface area (Å²) in [6, 6.07) is 18.4. The van der Waals surface area contributed by atoms with Gasteiger partial charge in [-0.15, -0.1) is 0 Å². The Kier molecular flexibility index (Phi) is 7.08. The molecule has 3 rings (SSSR count). The number of rotatable bonds is 7. The van der Waals surface area contributed by atoms with E-state index in [0.717, 1.165) is 17.2 Å². The lowest BCUT2D eigenvalue weighted by Crippen LogP contribution is -2.43. The second-order valence-corrected chi connectivity index (χ2v) is 7.15. The van der Waals surface area contributed by atoms with Crippen LogP contribution in [0.2, 0.25) is 0 Å². The molecule has 0 atom stereocenters. The quantitative estimate of drug-likeness (QED) is 0.521. The van der Waals surface area contributed by atoms with Gasteiger partial charge in [-0.05, 0) is 63.5 Å². The van der Waals surface area contributed by atoms with E-state index in [1.807, 2.05) is 43.3 Å².